The molecule has 0 radical (unpaired) electrons. The van der Waals surface area contributed by atoms with Crippen LogP contribution in [0, 0.1) is 12.3 Å². The number of hydrogen-bond acceptors (Lipinski definition) is 4. The average molecular weight is 397 g/mol. The molecule has 2 aromatic carbocycles. The summed E-state index contributed by atoms with van der Waals surface area (Å²) in [5.74, 6) is 2.17. The molecule has 3 aromatic rings. The maximum absolute atomic E-state index is 10.5. The normalized spacial score (nSPS) is 10.9. The molecular weight excluding hydrogens is 380 g/mol. The van der Waals surface area contributed by atoms with Gasteiger partial charge in [0.25, 0.3) is 0 Å². The van der Waals surface area contributed by atoms with Crippen molar-refractivity contribution in [3.63, 3.8) is 0 Å². The SMILES string of the molecule is C#CCn1cc(/C=N/OCC(=O)O)c2cc(OCc3ccccc3Cl)ccc21. The fourth-order valence-electron chi connectivity index (χ4n) is 2.69. The Balaban J connectivity index is 1.85. The third-order valence-corrected chi connectivity index (χ3v) is 4.32. The molecule has 0 atom stereocenters. The molecule has 0 saturated heterocycles. The van der Waals surface area contributed by atoms with Crippen LogP contribution in [-0.4, -0.2) is 28.5 Å². The van der Waals surface area contributed by atoms with Gasteiger partial charge in [0, 0.05) is 33.2 Å². The number of benzene rings is 2. The standard InChI is InChI=1S/C21H17ClN2O4/c1-2-9-24-12-16(11-23-28-14-21(25)26)18-10-17(7-8-20(18)24)27-13-15-5-3-4-6-19(15)22/h1,3-8,10-12H,9,13-14H2,(H,25,26)/b23-11+. The summed E-state index contributed by atoms with van der Waals surface area (Å²) in [5, 5.41) is 13.8. The number of oxime groups is 1. The van der Waals surface area contributed by atoms with Gasteiger partial charge in [-0.3, -0.25) is 0 Å². The molecule has 1 aromatic heterocycles. The second-order valence-corrected chi connectivity index (χ2v) is 6.28. The molecule has 0 aliphatic carbocycles. The van der Waals surface area contributed by atoms with Crippen molar-refractivity contribution in [3.8, 4) is 18.1 Å². The van der Waals surface area contributed by atoms with Crippen LogP contribution in [0.1, 0.15) is 11.1 Å². The van der Waals surface area contributed by atoms with E-state index in [-0.39, 0.29) is 0 Å². The highest BCUT2D eigenvalue weighted by Gasteiger charge is 2.09. The largest absolute Gasteiger partial charge is 0.489 e. The zero-order chi connectivity index (χ0) is 19.9. The number of halogens is 1. The van der Waals surface area contributed by atoms with Gasteiger partial charge in [-0.1, -0.05) is 40.9 Å². The van der Waals surface area contributed by atoms with Gasteiger partial charge in [0.1, 0.15) is 12.4 Å². The van der Waals surface area contributed by atoms with Crippen LogP contribution in [0.2, 0.25) is 5.02 Å². The Bertz CT molecular complexity index is 1070. The van der Waals surface area contributed by atoms with Gasteiger partial charge in [-0.25, -0.2) is 4.79 Å². The van der Waals surface area contributed by atoms with E-state index < -0.39 is 12.6 Å². The van der Waals surface area contributed by atoms with E-state index in [0.717, 1.165) is 22.0 Å². The number of nitrogens with zero attached hydrogens (tertiary/aromatic N) is 2. The van der Waals surface area contributed by atoms with Gasteiger partial charge in [0.15, 0.2) is 0 Å². The number of ether oxygens (including phenoxy) is 1. The Labute approximate surface area is 166 Å². The number of aliphatic carboxylic acids is 1. The minimum absolute atomic E-state index is 0.335. The van der Waals surface area contributed by atoms with Gasteiger partial charge < -0.3 is 19.2 Å². The van der Waals surface area contributed by atoms with E-state index in [2.05, 4.69) is 11.1 Å². The maximum Gasteiger partial charge on any atom is 0.344 e. The molecule has 0 unspecified atom stereocenters. The topological polar surface area (TPSA) is 73.1 Å². The second kappa shape index (κ2) is 8.98. The molecule has 3 rings (SSSR count). The van der Waals surface area contributed by atoms with Gasteiger partial charge >= 0.3 is 5.97 Å². The third kappa shape index (κ3) is 4.64. The molecular formula is C21H17ClN2O4. The van der Waals surface area contributed by atoms with E-state index in [9.17, 15) is 4.79 Å². The van der Waals surface area contributed by atoms with Crippen LogP contribution >= 0.6 is 11.6 Å². The van der Waals surface area contributed by atoms with Crippen molar-refractivity contribution in [1.82, 2.24) is 4.57 Å². The second-order valence-electron chi connectivity index (χ2n) is 5.88. The number of carbonyl (C=O) groups is 1. The zero-order valence-corrected chi connectivity index (χ0v) is 15.6. The van der Waals surface area contributed by atoms with Crippen molar-refractivity contribution in [2.24, 2.45) is 5.16 Å². The number of fused-ring (bicyclic) bond motifs is 1. The van der Waals surface area contributed by atoms with Crippen LogP contribution in [0.15, 0.2) is 53.8 Å². The summed E-state index contributed by atoms with van der Waals surface area (Å²) in [4.78, 5) is 15.3. The lowest BCUT2D eigenvalue weighted by Gasteiger charge is -2.08. The van der Waals surface area contributed by atoms with E-state index in [0.29, 0.717) is 23.9 Å². The molecule has 0 aliphatic rings. The van der Waals surface area contributed by atoms with E-state index in [4.69, 9.17) is 32.7 Å². The van der Waals surface area contributed by atoms with Gasteiger partial charge in [-0.15, -0.1) is 6.42 Å². The Morgan fingerprint density at radius 3 is 2.89 bits per heavy atom. The van der Waals surface area contributed by atoms with Crippen LogP contribution in [0.5, 0.6) is 5.75 Å². The van der Waals surface area contributed by atoms with Crippen LogP contribution in [0.3, 0.4) is 0 Å². The Hall–Kier alpha value is -3.43. The highest BCUT2D eigenvalue weighted by Crippen LogP contribution is 2.26. The van der Waals surface area contributed by atoms with E-state index in [1.54, 1.807) is 0 Å². The van der Waals surface area contributed by atoms with Crippen LogP contribution < -0.4 is 4.74 Å². The van der Waals surface area contributed by atoms with Crippen molar-refractivity contribution < 1.29 is 19.5 Å². The first-order valence-electron chi connectivity index (χ1n) is 8.38. The van der Waals surface area contributed by atoms with Crippen LogP contribution in [0.4, 0.5) is 0 Å². The summed E-state index contributed by atoms with van der Waals surface area (Å²) >= 11 is 6.17. The number of hydrogen-bond donors (Lipinski definition) is 1. The highest BCUT2D eigenvalue weighted by molar-refractivity contribution is 6.31. The smallest absolute Gasteiger partial charge is 0.344 e. The summed E-state index contributed by atoms with van der Waals surface area (Å²) in [6, 6.07) is 13.1. The molecule has 28 heavy (non-hydrogen) atoms. The van der Waals surface area contributed by atoms with Crippen LogP contribution in [0.25, 0.3) is 10.9 Å². The monoisotopic (exact) mass is 396 g/mol. The summed E-state index contributed by atoms with van der Waals surface area (Å²) in [6.07, 6.45) is 8.72. The van der Waals surface area contributed by atoms with Gasteiger partial charge in [-0.05, 0) is 24.3 Å². The quantitative estimate of drug-likeness (QED) is 0.355. The molecule has 1 heterocycles. The summed E-state index contributed by atoms with van der Waals surface area (Å²) < 4.78 is 7.77. The lowest BCUT2D eigenvalue weighted by atomic mass is 10.2. The first-order valence-corrected chi connectivity index (χ1v) is 8.76. The Kier molecular flexibility index (Phi) is 6.20. The number of carboxylic acids is 1. The molecule has 0 amide bonds. The number of rotatable bonds is 8. The fraction of sp³-hybridized carbons (Fsp3) is 0.143. The van der Waals surface area contributed by atoms with E-state index in [1.807, 2.05) is 53.2 Å². The maximum atomic E-state index is 10.5. The fourth-order valence-corrected chi connectivity index (χ4v) is 2.88. The highest BCUT2D eigenvalue weighted by atomic mass is 35.5. The molecule has 0 fully saturated rings. The average Bonchev–Trinajstić information content (AvgIpc) is 3.02. The third-order valence-electron chi connectivity index (χ3n) is 3.95. The number of carboxylic acid groups (broad SMARTS) is 1. The lowest BCUT2D eigenvalue weighted by molar-refractivity contribution is -0.142. The molecule has 0 saturated carbocycles. The molecule has 142 valence electrons. The number of aromatic nitrogens is 1. The van der Waals surface area contributed by atoms with Crippen molar-refractivity contribution in [1.29, 1.82) is 0 Å². The van der Waals surface area contributed by atoms with Crippen molar-refractivity contribution >= 4 is 34.7 Å². The van der Waals surface area contributed by atoms with Crippen molar-refractivity contribution in [3.05, 3.63) is 64.8 Å². The Morgan fingerprint density at radius 1 is 1.32 bits per heavy atom. The van der Waals surface area contributed by atoms with Gasteiger partial charge in [-0.2, -0.15) is 0 Å². The van der Waals surface area contributed by atoms with Crippen LogP contribution in [-0.2, 0) is 22.8 Å². The van der Waals surface area contributed by atoms with E-state index >= 15 is 0 Å². The lowest BCUT2D eigenvalue weighted by Crippen LogP contribution is -2.03. The molecule has 1 N–H and O–H groups in total. The molecule has 0 spiro atoms. The molecule has 0 bridgehead atoms. The molecule has 7 heteroatoms. The van der Waals surface area contributed by atoms with Gasteiger partial charge in [0.2, 0.25) is 6.61 Å². The first-order chi connectivity index (χ1) is 13.6. The summed E-state index contributed by atoms with van der Waals surface area (Å²) in [5.41, 5.74) is 2.53. The predicted molar refractivity (Wildman–Crippen MR) is 108 cm³/mol. The van der Waals surface area contributed by atoms with E-state index in [1.165, 1.54) is 6.21 Å². The molecule has 6 nitrogen and oxygen atoms in total. The first kappa shape index (κ1) is 19.3. The summed E-state index contributed by atoms with van der Waals surface area (Å²) in [7, 11) is 0. The summed E-state index contributed by atoms with van der Waals surface area (Å²) in [6.45, 7) is 0.216. The van der Waals surface area contributed by atoms with Crippen molar-refractivity contribution in [2.45, 2.75) is 13.2 Å². The van der Waals surface area contributed by atoms with Crippen molar-refractivity contribution in [2.75, 3.05) is 6.61 Å². The minimum Gasteiger partial charge on any atom is -0.489 e. The minimum atomic E-state index is -1.10. The molecule has 0 aliphatic heterocycles. The predicted octanol–water partition coefficient (Wildman–Crippen LogP) is 3.94. The van der Waals surface area contributed by atoms with Gasteiger partial charge in [0.05, 0.1) is 12.8 Å². The number of terminal acetylenes is 1. The zero-order valence-electron chi connectivity index (χ0n) is 14.8. The Morgan fingerprint density at radius 2 is 2.14 bits per heavy atom.